The van der Waals surface area contributed by atoms with Crippen LogP contribution in [0.5, 0.6) is 0 Å². The highest BCUT2D eigenvalue weighted by Gasteiger charge is 2.28. The van der Waals surface area contributed by atoms with Gasteiger partial charge in [0.2, 0.25) is 0 Å². The highest BCUT2D eigenvalue weighted by Crippen LogP contribution is 2.15. The normalized spacial score (nSPS) is 12.0. The minimum Gasteiger partial charge on any atom is -0.480 e. The maximum absolute atomic E-state index is 12.3. The molecule has 38 heavy (non-hydrogen) atoms. The number of guanidine groups is 1. The van der Waals surface area contributed by atoms with Gasteiger partial charge in [0.15, 0.2) is 5.96 Å². The summed E-state index contributed by atoms with van der Waals surface area (Å²) in [7, 11) is 0. The lowest BCUT2D eigenvalue weighted by Crippen LogP contribution is -2.43. The number of nitrogens with two attached hydrogens (primary N) is 2. The molecule has 9 nitrogen and oxygen atoms in total. The molecule has 0 amide bonds. The quantitative estimate of drug-likeness (QED) is 0.0427. The maximum atomic E-state index is 12.3. The number of nitrogens with zero attached hydrogens (tertiary/aromatic N) is 2. The van der Waals surface area contributed by atoms with E-state index in [-0.39, 0.29) is 32.0 Å². The highest BCUT2D eigenvalue weighted by molar-refractivity contribution is 5.75. The number of unbranched alkanes of at least 4 members (excludes halogenated alkanes) is 16. The predicted octanol–water partition coefficient (Wildman–Crippen LogP) is 5.68. The van der Waals surface area contributed by atoms with E-state index in [0.29, 0.717) is 19.4 Å². The van der Waals surface area contributed by atoms with Gasteiger partial charge in [0, 0.05) is 26.1 Å². The third-order valence-corrected chi connectivity index (χ3v) is 6.80. The predicted molar refractivity (Wildman–Crippen MR) is 155 cm³/mol. The van der Waals surface area contributed by atoms with Crippen molar-refractivity contribution in [3.63, 3.8) is 0 Å². The van der Waals surface area contributed by atoms with Gasteiger partial charge in [-0.25, -0.2) is 0 Å². The van der Waals surface area contributed by atoms with Gasteiger partial charge in [0.1, 0.15) is 6.04 Å². The third-order valence-electron chi connectivity index (χ3n) is 6.80. The summed E-state index contributed by atoms with van der Waals surface area (Å²) in [5.41, 5.74) is 10.6. The molecule has 0 aromatic rings. The van der Waals surface area contributed by atoms with Gasteiger partial charge >= 0.3 is 11.9 Å². The summed E-state index contributed by atoms with van der Waals surface area (Å²) < 4.78 is 0. The average Bonchev–Trinajstić information content (AvgIpc) is 2.88. The first kappa shape index (κ1) is 36.1. The first-order chi connectivity index (χ1) is 18.4. The van der Waals surface area contributed by atoms with Gasteiger partial charge in [-0.15, -0.1) is 5.06 Å². The van der Waals surface area contributed by atoms with E-state index in [1.54, 1.807) is 0 Å². The van der Waals surface area contributed by atoms with Crippen molar-refractivity contribution in [3.8, 4) is 0 Å². The number of aliphatic hydroxyl groups excluding tert-OH is 1. The minimum atomic E-state index is -1.08. The maximum Gasteiger partial charge on any atom is 0.325 e. The Labute approximate surface area is 231 Å². The van der Waals surface area contributed by atoms with Crippen molar-refractivity contribution in [2.45, 2.75) is 148 Å². The van der Waals surface area contributed by atoms with Gasteiger partial charge in [-0.2, -0.15) is 0 Å². The Morgan fingerprint density at radius 2 is 1.24 bits per heavy atom. The molecule has 0 aliphatic rings. The van der Waals surface area contributed by atoms with E-state index < -0.39 is 18.0 Å². The molecular weight excluding hydrogens is 484 g/mol. The van der Waals surface area contributed by atoms with Gasteiger partial charge in [0.05, 0.1) is 0 Å². The average molecular weight is 543 g/mol. The molecule has 0 fully saturated rings. The number of aliphatic hydroxyl groups is 1. The zero-order valence-corrected chi connectivity index (χ0v) is 24.2. The molecule has 0 saturated carbocycles. The van der Waals surface area contributed by atoms with Crippen LogP contribution < -0.4 is 11.5 Å². The lowest BCUT2D eigenvalue weighted by molar-refractivity contribution is -0.208. The highest BCUT2D eigenvalue weighted by atomic mass is 16.7. The van der Waals surface area contributed by atoms with Crippen LogP contribution in [0.1, 0.15) is 142 Å². The summed E-state index contributed by atoms with van der Waals surface area (Å²) in [6, 6.07) is -1.00. The van der Waals surface area contributed by atoms with Crippen molar-refractivity contribution in [1.82, 2.24) is 5.06 Å². The van der Waals surface area contributed by atoms with E-state index in [9.17, 15) is 14.7 Å². The van der Waals surface area contributed by atoms with E-state index in [1.807, 2.05) is 0 Å². The molecule has 0 aliphatic carbocycles. The Kier molecular flexibility index (Phi) is 25.4. The molecule has 0 unspecified atom stereocenters. The van der Waals surface area contributed by atoms with Gasteiger partial charge < -0.3 is 26.5 Å². The Balaban J connectivity index is 3.91. The molecule has 0 aromatic heterocycles. The van der Waals surface area contributed by atoms with E-state index in [4.69, 9.17) is 21.4 Å². The minimum absolute atomic E-state index is 0.0467. The van der Waals surface area contributed by atoms with Crippen molar-refractivity contribution in [2.24, 2.45) is 16.5 Å². The molecule has 6 N–H and O–H groups in total. The zero-order valence-electron chi connectivity index (χ0n) is 24.2. The fourth-order valence-electron chi connectivity index (χ4n) is 4.55. The number of hydrogen-bond donors (Lipinski definition) is 4. The summed E-state index contributed by atoms with van der Waals surface area (Å²) in [5, 5.41) is 20.0. The standard InChI is InChI=1S/C29H58N4O5/c1-2-3-4-5-6-7-8-9-10-11-12-13-14-15-16-17-18-22-27(35)38-33(24-20-25-34)26(28(36)37)21-19-23-32-29(30)31/h26,34H,2-25H2,1H3,(H,36,37)(H4,30,31,32)/t26-/m0/s1. The van der Waals surface area contributed by atoms with Crippen LogP contribution in [0.2, 0.25) is 0 Å². The largest absolute Gasteiger partial charge is 0.480 e. The van der Waals surface area contributed by atoms with Crippen LogP contribution in [0.15, 0.2) is 4.99 Å². The lowest BCUT2D eigenvalue weighted by Gasteiger charge is -2.27. The number of carboxylic acid groups (broad SMARTS) is 1. The van der Waals surface area contributed by atoms with Gasteiger partial charge in [-0.05, 0) is 25.7 Å². The second-order valence-corrected chi connectivity index (χ2v) is 10.4. The van der Waals surface area contributed by atoms with Crippen LogP contribution in [0.25, 0.3) is 0 Å². The first-order valence-electron chi connectivity index (χ1n) is 15.3. The zero-order chi connectivity index (χ0) is 28.3. The number of aliphatic carboxylic acids is 1. The number of aliphatic imine (C=N–C) groups is 1. The number of hydroxylamine groups is 2. The third kappa shape index (κ3) is 23.3. The van der Waals surface area contributed by atoms with E-state index in [2.05, 4.69) is 11.9 Å². The van der Waals surface area contributed by atoms with E-state index in [1.165, 1.54) is 95.0 Å². The van der Waals surface area contributed by atoms with Crippen LogP contribution >= 0.6 is 0 Å². The topological polar surface area (TPSA) is 151 Å². The van der Waals surface area contributed by atoms with E-state index in [0.717, 1.165) is 19.3 Å². The molecule has 0 spiro atoms. The summed E-state index contributed by atoms with van der Waals surface area (Å²) in [6.45, 7) is 2.60. The number of carbonyl (C=O) groups is 2. The number of carboxylic acids is 1. The molecule has 0 radical (unpaired) electrons. The van der Waals surface area contributed by atoms with Crippen LogP contribution in [0, 0.1) is 0 Å². The van der Waals surface area contributed by atoms with Gasteiger partial charge in [-0.3, -0.25) is 14.6 Å². The molecular formula is C29H58N4O5. The molecule has 0 heterocycles. The molecule has 9 heteroatoms. The van der Waals surface area contributed by atoms with Crippen LogP contribution in [0.3, 0.4) is 0 Å². The molecule has 0 saturated heterocycles. The summed E-state index contributed by atoms with van der Waals surface area (Å²) in [4.78, 5) is 33.4. The van der Waals surface area contributed by atoms with Crippen LogP contribution in [-0.2, 0) is 14.4 Å². The Morgan fingerprint density at radius 1 is 0.763 bits per heavy atom. The second-order valence-electron chi connectivity index (χ2n) is 10.4. The van der Waals surface area contributed by atoms with Crippen LogP contribution in [-0.4, -0.2) is 58.9 Å². The number of rotatable bonds is 28. The smallest absolute Gasteiger partial charge is 0.325 e. The van der Waals surface area contributed by atoms with Crippen LogP contribution in [0.4, 0.5) is 0 Å². The van der Waals surface area contributed by atoms with Crippen molar-refractivity contribution in [1.29, 1.82) is 0 Å². The van der Waals surface area contributed by atoms with Crippen molar-refractivity contribution < 1.29 is 24.6 Å². The fraction of sp³-hybridized carbons (Fsp3) is 0.897. The lowest BCUT2D eigenvalue weighted by atomic mass is 10.0. The van der Waals surface area contributed by atoms with Crippen molar-refractivity contribution in [3.05, 3.63) is 0 Å². The molecule has 224 valence electrons. The molecule has 0 rings (SSSR count). The summed E-state index contributed by atoms with van der Waals surface area (Å²) in [6.07, 6.45) is 22.9. The number of carbonyl (C=O) groups excluding carboxylic acids is 1. The summed E-state index contributed by atoms with van der Waals surface area (Å²) in [5.74, 6) is -1.56. The van der Waals surface area contributed by atoms with Crippen molar-refractivity contribution in [2.75, 3.05) is 19.7 Å². The fourth-order valence-corrected chi connectivity index (χ4v) is 4.55. The van der Waals surface area contributed by atoms with Gasteiger partial charge in [-0.1, -0.05) is 110 Å². The summed E-state index contributed by atoms with van der Waals surface area (Å²) >= 11 is 0. The Bertz CT molecular complexity index is 600. The SMILES string of the molecule is CCCCCCCCCCCCCCCCCCCC(=O)ON(CCCO)[C@@H](CCCN=C(N)N)C(=O)O. The molecule has 1 atom stereocenters. The second kappa shape index (κ2) is 26.7. The first-order valence-corrected chi connectivity index (χ1v) is 15.3. The van der Waals surface area contributed by atoms with Crippen molar-refractivity contribution >= 4 is 17.9 Å². The Morgan fingerprint density at radius 3 is 1.66 bits per heavy atom. The molecule has 0 aliphatic heterocycles. The molecule has 0 bridgehead atoms. The monoisotopic (exact) mass is 542 g/mol. The van der Waals surface area contributed by atoms with E-state index >= 15 is 0 Å². The van der Waals surface area contributed by atoms with Gasteiger partial charge in [0.25, 0.3) is 0 Å². The Hall–Kier alpha value is -1.87. The molecule has 0 aromatic carbocycles. The number of hydrogen-bond acceptors (Lipinski definition) is 6.